The highest BCUT2D eigenvalue weighted by Crippen LogP contribution is 2.52. The second kappa shape index (κ2) is 16.0. The van der Waals surface area contributed by atoms with Gasteiger partial charge in [0.2, 0.25) is 11.8 Å². The van der Waals surface area contributed by atoms with E-state index in [9.17, 15) is 62.9 Å². The first-order chi connectivity index (χ1) is 31.1. The number of hydrogen-bond acceptors (Lipinski definition) is 7. The third-order valence-corrected chi connectivity index (χ3v) is 11.5. The minimum Gasteiger partial charge on any atom is -0.457 e. The third-order valence-electron chi connectivity index (χ3n) is 11.5. The van der Waals surface area contributed by atoms with Gasteiger partial charge < -0.3 is 32.9 Å². The SMILES string of the molecule is Cc1oc(-c2cccc(Oc3cccc(-c4nc(Cn5c(C)cc6cc(C(O)(C(F)(F)F)C(F)(F)F)ccc65)c(C)o4)c3)c2)nc1Cn1c(C)cc2cc(C(O)(C(F)(F)F)C(F)(F)F)ccc21. The van der Waals surface area contributed by atoms with E-state index in [-0.39, 0.29) is 46.7 Å². The molecule has 0 atom stereocenters. The van der Waals surface area contributed by atoms with Gasteiger partial charge in [-0.1, -0.05) is 24.3 Å². The maximum atomic E-state index is 13.6. The summed E-state index contributed by atoms with van der Waals surface area (Å²) in [6.07, 6.45) is -24.2. The summed E-state index contributed by atoms with van der Waals surface area (Å²) in [6, 6.07) is 20.8. The molecular weight excluding hydrogens is 917 g/mol. The van der Waals surface area contributed by atoms with Gasteiger partial charge >= 0.3 is 24.7 Å². The van der Waals surface area contributed by atoms with Crippen LogP contribution in [0.2, 0.25) is 0 Å². The predicted molar refractivity (Wildman–Crippen MR) is 217 cm³/mol. The Morgan fingerprint density at radius 3 is 1.19 bits per heavy atom. The number of aromatic nitrogens is 4. The fraction of sp³-hybridized carbons (Fsp3) is 0.261. The number of nitrogens with zero attached hydrogens (tertiary/aromatic N) is 4. The van der Waals surface area contributed by atoms with E-state index in [0.29, 0.717) is 81.2 Å². The number of aliphatic hydroxyl groups is 2. The largest absolute Gasteiger partial charge is 0.457 e. The van der Waals surface area contributed by atoms with E-state index in [1.165, 1.54) is 12.1 Å². The van der Waals surface area contributed by atoms with Gasteiger partial charge in [0.25, 0.3) is 11.2 Å². The van der Waals surface area contributed by atoms with Crippen molar-refractivity contribution in [3.8, 4) is 34.4 Å². The first kappa shape index (κ1) is 46.8. The first-order valence-electron chi connectivity index (χ1n) is 19.8. The second-order valence-corrected chi connectivity index (χ2v) is 15.9. The Morgan fingerprint density at radius 2 is 0.851 bits per heavy atom. The first-order valence-corrected chi connectivity index (χ1v) is 19.8. The van der Waals surface area contributed by atoms with Crippen LogP contribution in [0.5, 0.6) is 11.5 Å². The molecule has 0 unspecified atom stereocenters. The van der Waals surface area contributed by atoms with Crippen LogP contribution >= 0.6 is 0 Å². The molecule has 0 amide bonds. The van der Waals surface area contributed by atoms with E-state index in [4.69, 9.17) is 13.6 Å². The van der Waals surface area contributed by atoms with Gasteiger partial charge in [-0.05, 0) is 100 Å². The van der Waals surface area contributed by atoms with Crippen molar-refractivity contribution in [2.24, 2.45) is 0 Å². The molecule has 0 aliphatic rings. The van der Waals surface area contributed by atoms with Crippen LogP contribution in [0, 0.1) is 27.7 Å². The van der Waals surface area contributed by atoms with Crippen LogP contribution < -0.4 is 4.74 Å². The number of alkyl halides is 12. The molecule has 0 fully saturated rings. The zero-order valence-electron chi connectivity index (χ0n) is 35.1. The molecule has 352 valence electrons. The molecule has 8 rings (SSSR count). The second-order valence-electron chi connectivity index (χ2n) is 15.9. The summed E-state index contributed by atoms with van der Waals surface area (Å²) in [5, 5.41) is 19.9. The Kier molecular flexibility index (Phi) is 11.1. The maximum Gasteiger partial charge on any atom is 0.430 e. The summed E-state index contributed by atoms with van der Waals surface area (Å²) in [7, 11) is 0. The highest BCUT2D eigenvalue weighted by molar-refractivity contribution is 5.83. The van der Waals surface area contributed by atoms with Gasteiger partial charge in [0.1, 0.15) is 34.4 Å². The lowest BCUT2D eigenvalue weighted by molar-refractivity contribution is -0.376. The lowest BCUT2D eigenvalue weighted by atomic mass is 9.91. The van der Waals surface area contributed by atoms with Crippen molar-refractivity contribution in [1.29, 1.82) is 0 Å². The number of hydrogen-bond donors (Lipinski definition) is 2. The molecule has 21 heteroatoms. The molecular formula is C46H34F12N4O5. The van der Waals surface area contributed by atoms with Crippen molar-refractivity contribution >= 4 is 21.8 Å². The quantitative estimate of drug-likeness (QED) is 0.131. The monoisotopic (exact) mass is 950 g/mol. The Labute approximate surface area is 370 Å². The summed E-state index contributed by atoms with van der Waals surface area (Å²) in [4.78, 5) is 9.24. The van der Waals surface area contributed by atoms with E-state index < -0.39 is 47.0 Å². The van der Waals surface area contributed by atoms with E-state index in [1.54, 1.807) is 85.4 Å². The smallest absolute Gasteiger partial charge is 0.430 e. The van der Waals surface area contributed by atoms with Crippen LogP contribution in [0.15, 0.2) is 106 Å². The molecule has 9 nitrogen and oxygen atoms in total. The highest BCUT2D eigenvalue weighted by Gasteiger charge is 2.72. The van der Waals surface area contributed by atoms with Crippen LogP contribution in [-0.4, -0.2) is 54.0 Å². The fourth-order valence-corrected chi connectivity index (χ4v) is 7.88. The van der Waals surface area contributed by atoms with E-state index in [1.807, 2.05) is 0 Å². The van der Waals surface area contributed by atoms with Gasteiger partial charge in [-0.2, -0.15) is 52.7 Å². The molecule has 2 N–H and O–H groups in total. The minimum absolute atomic E-state index is 0.0288. The van der Waals surface area contributed by atoms with Gasteiger partial charge in [0.15, 0.2) is 0 Å². The zero-order chi connectivity index (χ0) is 48.8. The van der Waals surface area contributed by atoms with Gasteiger partial charge in [-0.15, -0.1) is 0 Å². The lowest BCUT2D eigenvalue weighted by Gasteiger charge is -2.32. The summed E-state index contributed by atoms with van der Waals surface area (Å²) in [5.41, 5.74) is -9.56. The maximum absolute atomic E-state index is 13.6. The molecule has 8 aromatic rings. The number of aryl methyl sites for hydroxylation is 4. The molecule has 4 heterocycles. The predicted octanol–water partition coefficient (Wildman–Crippen LogP) is 12.7. The van der Waals surface area contributed by atoms with E-state index >= 15 is 0 Å². The van der Waals surface area contributed by atoms with Gasteiger partial charge in [-0.25, -0.2) is 9.97 Å². The van der Waals surface area contributed by atoms with Crippen LogP contribution in [0.3, 0.4) is 0 Å². The number of fused-ring (bicyclic) bond motifs is 2. The van der Waals surface area contributed by atoms with E-state index in [2.05, 4.69) is 9.97 Å². The number of oxazole rings is 2. The fourth-order valence-electron chi connectivity index (χ4n) is 7.88. The number of ether oxygens (including phenoxy) is 1. The number of rotatable bonds is 10. The van der Waals surface area contributed by atoms with Crippen molar-refractivity contribution < 1.29 is 76.5 Å². The van der Waals surface area contributed by atoms with Gasteiger partial charge in [-0.3, -0.25) is 0 Å². The van der Waals surface area contributed by atoms with E-state index in [0.717, 1.165) is 12.1 Å². The van der Waals surface area contributed by atoms with Crippen LogP contribution in [0.1, 0.15) is 45.4 Å². The number of halogens is 12. The molecule has 4 aromatic carbocycles. The Bertz CT molecular complexity index is 2930. The Balaban J connectivity index is 0.995. The van der Waals surface area contributed by atoms with Crippen molar-refractivity contribution in [2.75, 3.05) is 0 Å². The van der Waals surface area contributed by atoms with Crippen molar-refractivity contribution in [2.45, 2.75) is 76.7 Å². The normalized spacial score (nSPS) is 13.3. The molecule has 0 bridgehead atoms. The molecule has 4 aromatic heterocycles. The minimum atomic E-state index is -6.04. The molecule has 0 radical (unpaired) electrons. The zero-order valence-corrected chi connectivity index (χ0v) is 35.1. The van der Waals surface area contributed by atoms with Crippen molar-refractivity contribution in [3.63, 3.8) is 0 Å². The Morgan fingerprint density at radius 1 is 0.493 bits per heavy atom. The molecule has 0 aliphatic heterocycles. The molecule has 0 aliphatic carbocycles. The summed E-state index contributed by atoms with van der Waals surface area (Å²) in [6.45, 7) is 6.56. The third kappa shape index (κ3) is 8.06. The average molecular weight is 951 g/mol. The van der Waals surface area contributed by atoms with Crippen LogP contribution in [0.4, 0.5) is 52.7 Å². The summed E-state index contributed by atoms with van der Waals surface area (Å²) < 4.78 is 184. The lowest BCUT2D eigenvalue weighted by Crippen LogP contribution is -2.53. The Hall–Kier alpha value is -6.74. The van der Waals surface area contributed by atoms with Gasteiger partial charge in [0.05, 0.1) is 13.1 Å². The molecule has 0 saturated heterocycles. The summed E-state index contributed by atoms with van der Waals surface area (Å²) >= 11 is 0. The average Bonchev–Trinajstić information content (AvgIpc) is 3.97. The van der Waals surface area contributed by atoms with Gasteiger partial charge in [0, 0.05) is 55.4 Å². The standard InChI is InChI=1S/C46H34F12N4O5/c1-23-15-29-17-31(41(63,43(47,48)49)44(50,51)52)11-13-37(29)61(23)21-35-25(3)65-39(59-35)27-7-5-9-33(19-27)67-34-10-6-8-28(20-34)40-60-36(26(4)66-40)22-62-24(2)16-30-18-32(12-14-38(30)62)42(64,45(53,54)55)46(56,57)58/h5-20,63-64H,21-22H2,1-4H3. The van der Waals surface area contributed by atoms with Crippen molar-refractivity contribution in [3.05, 3.63) is 142 Å². The number of benzene rings is 4. The van der Waals surface area contributed by atoms with Crippen LogP contribution in [-0.2, 0) is 24.3 Å². The topological polar surface area (TPSA) is 112 Å². The van der Waals surface area contributed by atoms with Crippen LogP contribution in [0.25, 0.3) is 44.7 Å². The summed E-state index contributed by atoms with van der Waals surface area (Å²) in [5.74, 6) is 1.84. The van der Waals surface area contributed by atoms with Crippen molar-refractivity contribution in [1.82, 2.24) is 19.1 Å². The molecule has 0 saturated carbocycles. The molecule has 0 spiro atoms. The molecule has 67 heavy (non-hydrogen) atoms. The highest BCUT2D eigenvalue weighted by atomic mass is 19.4.